The monoisotopic (exact) mass is 316 g/mol. The average Bonchev–Trinajstić information content (AvgIpc) is 2.16. The van der Waals surface area contributed by atoms with Gasteiger partial charge in [0.25, 0.3) is 5.69 Å². The summed E-state index contributed by atoms with van der Waals surface area (Å²) in [5.41, 5.74) is -0.498. The van der Waals surface area contributed by atoms with Crippen molar-refractivity contribution in [1.82, 2.24) is 0 Å². The molecule has 0 saturated carbocycles. The Bertz CT molecular complexity index is 491. The second-order valence-corrected chi connectivity index (χ2v) is 3.91. The largest absolute Gasteiger partial charge is 0.298 e. The Balaban J connectivity index is 3.68. The van der Waals surface area contributed by atoms with Crippen LogP contribution in [0.25, 0.3) is 0 Å². The Kier molecular flexibility index (Phi) is 3.36. The molecule has 0 unspecified atom stereocenters. The van der Waals surface area contributed by atoms with E-state index in [1.807, 2.05) is 22.6 Å². The molecule has 0 aliphatic carbocycles. The highest BCUT2D eigenvalue weighted by molar-refractivity contribution is 14.1. The van der Waals surface area contributed by atoms with Crippen LogP contribution in [-0.2, 0) is 0 Å². The lowest BCUT2D eigenvalue weighted by Gasteiger charge is -2.02. The molecule has 0 saturated heterocycles. The molecule has 0 fully saturated rings. The second-order valence-electron chi connectivity index (χ2n) is 2.74. The zero-order valence-electron chi connectivity index (χ0n) is 7.65. The highest BCUT2D eigenvalue weighted by atomic mass is 127. The molecule has 0 radical (unpaired) electrons. The standard InChI is InChI=1S/C9H5IN2O3/c1-5(13)8-7(10)3-2-6(4-11)9(8)12(14)15/h2-3H,1H3. The number of carbonyl (C=O) groups is 1. The molecule has 0 N–H and O–H groups in total. The molecule has 5 nitrogen and oxygen atoms in total. The number of hydrogen-bond acceptors (Lipinski definition) is 4. The summed E-state index contributed by atoms with van der Waals surface area (Å²) in [6.45, 7) is 1.24. The first-order chi connectivity index (χ1) is 6.99. The van der Waals surface area contributed by atoms with Crippen molar-refractivity contribution in [1.29, 1.82) is 5.26 Å². The Morgan fingerprint density at radius 3 is 2.60 bits per heavy atom. The van der Waals surface area contributed by atoms with E-state index in [9.17, 15) is 14.9 Å². The number of Topliss-reactive ketones (excluding diaryl/α,β-unsaturated/α-hetero) is 1. The molecule has 1 aromatic rings. The first kappa shape index (κ1) is 11.6. The molecule has 0 aliphatic heterocycles. The number of benzene rings is 1. The summed E-state index contributed by atoms with van der Waals surface area (Å²) in [6.07, 6.45) is 0. The maximum Gasteiger partial charge on any atom is 0.298 e. The third-order valence-electron chi connectivity index (χ3n) is 1.78. The van der Waals surface area contributed by atoms with Gasteiger partial charge in [-0.15, -0.1) is 0 Å². The lowest BCUT2D eigenvalue weighted by molar-refractivity contribution is -0.385. The molecule has 1 rings (SSSR count). The summed E-state index contributed by atoms with van der Waals surface area (Å²) in [7, 11) is 0. The summed E-state index contributed by atoms with van der Waals surface area (Å²) >= 11 is 1.83. The van der Waals surface area contributed by atoms with Crippen LogP contribution in [0.2, 0.25) is 0 Å². The summed E-state index contributed by atoms with van der Waals surface area (Å²) in [4.78, 5) is 21.3. The van der Waals surface area contributed by atoms with Crippen LogP contribution in [0.15, 0.2) is 12.1 Å². The van der Waals surface area contributed by atoms with E-state index in [0.29, 0.717) is 3.57 Å². The minimum atomic E-state index is -0.697. The van der Waals surface area contributed by atoms with Crippen molar-refractivity contribution in [3.05, 3.63) is 36.9 Å². The molecule has 0 aliphatic rings. The number of nitriles is 1. The maximum atomic E-state index is 11.2. The molecule has 0 amide bonds. The van der Waals surface area contributed by atoms with Gasteiger partial charge in [0, 0.05) is 3.57 Å². The summed E-state index contributed by atoms with van der Waals surface area (Å²) in [5, 5.41) is 19.5. The van der Waals surface area contributed by atoms with Gasteiger partial charge in [0.15, 0.2) is 5.78 Å². The lowest BCUT2D eigenvalue weighted by atomic mass is 10.1. The quantitative estimate of drug-likeness (QED) is 0.363. The van der Waals surface area contributed by atoms with Gasteiger partial charge in [0.1, 0.15) is 17.2 Å². The lowest BCUT2D eigenvalue weighted by Crippen LogP contribution is -2.05. The van der Waals surface area contributed by atoms with E-state index < -0.39 is 16.4 Å². The van der Waals surface area contributed by atoms with Crippen LogP contribution in [0.4, 0.5) is 5.69 Å². The SMILES string of the molecule is CC(=O)c1c(I)ccc(C#N)c1[N+](=O)[O-]. The molecule has 15 heavy (non-hydrogen) atoms. The van der Waals surface area contributed by atoms with Crippen molar-refractivity contribution in [2.45, 2.75) is 6.92 Å². The Morgan fingerprint density at radius 2 is 2.20 bits per heavy atom. The van der Waals surface area contributed by atoms with Gasteiger partial charge in [0.05, 0.1) is 4.92 Å². The number of rotatable bonds is 2. The van der Waals surface area contributed by atoms with Gasteiger partial charge in [-0.2, -0.15) is 5.26 Å². The zero-order chi connectivity index (χ0) is 11.6. The van der Waals surface area contributed by atoms with Crippen LogP contribution in [0.1, 0.15) is 22.8 Å². The molecule has 1 aromatic carbocycles. The topological polar surface area (TPSA) is 84.0 Å². The Hall–Kier alpha value is -1.49. The van der Waals surface area contributed by atoms with Crippen LogP contribution in [-0.4, -0.2) is 10.7 Å². The first-order valence-electron chi connectivity index (χ1n) is 3.87. The number of ketones is 1. The molecule has 0 bridgehead atoms. The van der Waals surface area contributed by atoms with Crippen LogP contribution in [0.3, 0.4) is 0 Å². The van der Waals surface area contributed by atoms with E-state index >= 15 is 0 Å². The first-order valence-corrected chi connectivity index (χ1v) is 4.94. The van der Waals surface area contributed by atoms with Crippen molar-refractivity contribution in [3.8, 4) is 6.07 Å². The number of nitro groups is 1. The van der Waals surface area contributed by atoms with E-state index in [0.717, 1.165) is 0 Å². The predicted octanol–water partition coefficient (Wildman–Crippen LogP) is 2.27. The number of nitrogens with zero attached hydrogens (tertiary/aromatic N) is 2. The number of hydrogen-bond donors (Lipinski definition) is 0. The second kappa shape index (κ2) is 4.35. The predicted molar refractivity (Wildman–Crippen MR) is 60.5 cm³/mol. The summed E-state index contributed by atoms with van der Waals surface area (Å²) in [6, 6.07) is 4.56. The van der Waals surface area contributed by atoms with E-state index in [2.05, 4.69) is 0 Å². The van der Waals surface area contributed by atoms with Gasteiger partial charge >= 0.3 is 0 Å². The van der Waals surface area contributed by atoms with Crippen molar-refractivity contribution < 1.29 is 9.72 Å². The third kappa shape index (κ3) is 2.12. The Morgan fingerprint density at radius 1 is 1.60 bits per heavy atom. The normalized spacial score (nSPS) is 9.40. The van der Waals surface area contributed by atoms with Crippen molar-refractivity contribution >= 4 is 34.1 Å². The summed E-state index contributed by atoms with van der Waals surface area (Å²) in [5.74, 6) is -0.414. The fourth-order valence-corrected chi connectivity index (χ4v) is 2.00. The minimum Gasteiger partial charge on any atom is -0.294 e. The molecule has 0 spiro atoms. The summed E-state index contributed by atoms with van der Waals surface area (Å²) < 4.78 is 0.478. The van der Waals surface area contributed by atoms with Crippen LogP contribution >= 0.6 is 22.6 Å². The van der Waals surface area contributed by atoms with E-state index in [4.69, 9.17) is 5.26 Å². The molecular weight excluding hydrogens is 311 g/mol. The fourth-order valence-electron chi connectivity index (χ4n) is 1.18. The van der Waals surface area contributed by atoms with Gasteiger partial charge in [-0.25, -0.2) is 0 Å². The molecule has 0 heterocycles. The molecule has 0 atom stereocenters. The third-order valence-corrected chi connectivity index (χ3v) is 2.68. The highest BCUT2D eigenvalue weighted by Crippen LogP contribution is 2.28. The molecule has 6 heteroatoms. The molecule has 76 valence electrons. The van der Waals surface area contributed by atoms with Crippen LogP contribution in [0, 0.1) is 25.0 Å². The van der Waals surface area contributed by atoms with Gasteiger partial charge in [0.2, 0.25) is 0 Å². The number of carbonyl (C=O) groups excluding carboxylic acids is 1. The van der Waals surface area contributed by atoms with Crippen molar-refractivity contribution in [3.63, 3.8) is 0 Å². The zero-order valence-corrected chi connectivity index (χ0v) is 9.81. The van der Waals surface area contributed by atoms with Gasteiger partial charge in [-0.05, 0) is 41.6 Å². The smallest absolute Gasteiger partial charge is 0.294 e. The van der Waals surface area contributed by atoms with E-state index in [-0.39, 0.29) is 11.1 Å². The Labute approximate surface area is 99.0 Å². The fraction of sp³-hybridized carbons (Fsp3) is 0.111. The van der Waals surface area contributed by atoms with Gasteiger partial charge < -0.3 is 0 Å². The van der Waals surface area contributed by atoms with E-state index in [1.165, 1.54) is 19.1 Å². The van der Waals surface area contributed by atoms with Gasteiger partial charge in [-0.3, -0.25) is 14.9 Å². The van der Waals surface area contributed by atoms with Gasteiger partial charge in [-0.1, -0.05) is 0 Å². The van der Waals surface area contributed by atoms with Crippen LogP contribution < -0.4 is 0 Å². The minimum absolute atomic E-state index is 0.000324. The average molecular weight is 316 g/mol. The molecular formula is C9H5IN2O3. The van der Waals surface area contributed by atoms with Crippen molar-refractivity contribution in [2.24, 2.45) is 0 Å². The molecule has 0 aromatic heterocycles. The van der Waals surface area contributed by atoms with E-state index in [1.54, 1.807) is 6.07 Å². The number of nitro benzene ring substituents is 1. The maximum absolute atomic E-state index is 11.2. The van der Waals surface area contributed by atoms with Crippen molar-refractivity contribution in [2.75, 3.05) is 0 Å². The number of halogens is 1. The highest BCUT2D eigenvalue weighted by Gasteiger charge is 2.25. The van der Waals surface area contributed by atoms with Crippen LogP contribution in [0.5, 0.6) is 0 Å².